The van der Waals surface area contributed by atoms with Crippen molar-refractivity contribution in [1.29, 1.82) is 0 Å². The van der Waals surface area contributed by atoms with Gasteiger partial charge in [0.05, 0.1) is 0 Å². The van der Waals surface area contributed by atoms with E-state index in [4.69, 9.17) is 5.11 Å². The first kappa shape index (κ1) is 12.4. The Morgan fingerprint density at radius 1 is 1.27 bits per heavy atom. The van der Waals surface area contributed by atoms with E-state index in [0.29, 0.717) is 19.3 Å². The van der Waals surface area contributed by atoms with Crippen molar-refractivity contribution >= 4 is 22.0 Å². The molecule has 1 rings (SSSR count). The molecule has 1 N–H and O–H groups in total. The Morgan fingerprint density at radius 3 is 2.53 bits per heavy atom. The lowest BCUT2D eigenvalue weighted by Crippen LogP contribution is -1.83. The molecule has 0 heterocycles. The summed E-state index contributed by atoms with van der Waals surface area (Å²) in [5.41, 5.74) is 0.861. The van der Waals surface area contributed by atoms with Crippen LogP contribution < -0.4 is 0 Å². The van der Waals surface area contributed by atoms with Gasteiger partial charge >= 0.3 is 0 Å². The standard InChI is InChI=1S/C12H14BrFO/c13-11-6-4-10(5-7-11)9-12(14)3-1-2-8-15/h4-7,9,15H,1-3,8H2/b12-9-. The van der Waals surface area contributed by atoms with Gasteiger partial charge in [-0.2, -0.15) is 0 Å². The number of hydrogen-bond acceptors (Lipinski definition) is 1. The summed E-state index contributed by atoms with van der Waals surface area (Å²) < 4.78 is 14.3. The Morgan fingerprint density at radius 2 is 1.93 bits per heavy atom. The Balaban J connectivity index is 2.50. The molecule has 0 saturated heterocycles. The molecule has 0 spiro atoms. The molecule has 82 valence electrons. The third kappa shape index (κ3) is 5.09. The van der Waals surface area contributed by atoms with Gasteiger partial charge in [0.25, 0.3) is 0 Å². The van der Waals surface area contributed by atoms with Gasteiger partial charge in [-0.1, -0.05) is 28.1 Å². The van der Waals surface area contributed by atoms with E-state index in [1.165, 1.54) is 6.08 Å². The quantitative estimate of drug-likeness (QED) is 0.806. The molecule has 0 fully saturated rings. The molecule has 0 aliphatic heterocycles. The van der Waals surface area contributed by atoms with Gasteiger partial charge in [0.1, 0.15) is 5.83 Å². The topological polar surface area (TPSA) is 20.2 Å². The van der Waals surface area contributed by atoms with Crippen molar-refractivity contribution in [3.05, 3.63) is 40.1 Å². The van der Waals surface area contributed by atoms with Crippen LogP contribution in [0.5, 0.6) is 0 Å². The van der Waals surface area contributed by atoms with Crippen LogP contribution in [0.3, 0.4) is 0 Å². The predicted molar refractivity (Wildman–Crippen MR) is 64.2 cm³/mol. The van der Waals surface area contributed by atoms with Crippen LogP contribution in [0, 0.1) is 0 Å². The monoisotopic (exact) mass is 272 g/mol. The Hall–Kier alpha value is -0.670. The minimum atomic E-state index is -0.134. The Kier molecular flexibility index (Phi) is 5.58. The lowest BCUT2D eigenvalue weighted by molar-refractivity contribution is 0.283. The van der Waals surface area contributed by atoms with Crippen molar-refractivity contribution in [3.63, 3.8) is 0 Å². The molecule has 1 nitrogen and oxygen atoms in total. The molecule has 0 atom stereocenters. The molecule has 0 saturated carbocycles. The maximum absolute atomic E-state index is 13.3. The minimum Gasteiger partial charge on any atom is -0.396 e. The van der Waals surface area contributed by atoms with Crippen molar-refractivity contribution in [1.82, 2.24) is 0 Å². The van der Waals surface area contributed by atoms with E-state index >= 15 is 0 Å². The van der Waals surface area contributed by atoms with E-state index < -0.39 is 0 Å². The molecule has 1 aromatic carbocycles. The van der Waals surface area contributed by atoms with Gasteiger partial charge in [-0.05, 0) is 43.0 Å². The fourth-order valence-corrected chi connectivity index (χ4v) is 1.48. The van der Waals surface area contributed by atoms with Crippen molar-refractivity contribution < 1.29 is 9.50 Å². The molecule has 0 aliphatic carbocycles. The summed E-state index contributed by atoms with van der Waals surface area (Å²) in [5, 5.41) is 8.55. The zero-order valence-corrected chi connectivity index (χ0v) is 10.0. The number of rotatable bonds is 5. The summed E-state index contributed by atoms with van der Waals surface area (Å²) in [5.74, 6) is -0.134. The van der Waals surface area contributed by atoms with Gasteiger partial charge < -0.3 is 5.11 Å². The highest BCUT2D eigenvalue weighted by atomic mass is 79.9. The molecule has 1 aromatic rings. The molecule has 0 radical (unpaired) electrons. The Labute approximate surface area is 97.8 Å². The zero-order valence-electron chi connectivity index (χ0n) is 8.42. The predicted octanol–water partition coefficient (Wildman–Crippen LogP) is 3.92. The summed E-state index contributed by atoms with van der Waals surface area (Å²) in [6.45, 7) is 0.131. The first-order chi connectivity index (χ1) is 7.22. The molecule has 0 unspecified atom stereocenters. The first-order valence-corrected chi connectivity index (χ1v) is 5.74. The largest absolute Gasteiger partial charge is 0.396 e. The summed E-state index contributed by atoms with van der Waals surface area (Å²) >= 11 is 3.32. The molecular weight excluding hydrogens is 259 g/mol. The van der Waals surface area contributed by atoms with Crippen molar-refractivity contribution in [3.8, 4) is 0 Å². The highest BCUT2D eigenvalue weighted by Crippen LogP contribution is 2.16. The number of halogens is 2. The maximum atomic E-state index is 13.3. The SMILES string of the molecule is OCCCC/C(F)=C/c1ccc(Br)cc1. The van der Waals surface area contributed by atoms with E-state index in [1.807, 2.05) is 24.3 Å². The van der Waals surface area contributed by atoms with Crippen LogP contribution in [0.4, 0.5) is 4.39 Å². The van der Waals surface area contributed by atoms with Gasteiger partial charge in [-0.25, -0.2) is 4.39 Å². The molecule has 0 amide bonds. The molecule has 0 aliphatic rings. The van der Waals surface area contributed by atoms with Crippen molar-refractivity contribution in [2.45, 2.75) is 19.3 Å². The van der Waals surface area contributed by atoms with Crippen molar-refractivity contribution in [2.75, 3.05) is 6.61 Å². The third-order valence-corrected chi connectivity index (χ3v) is 2.55. The lowest BCUT2D eigenvalue weighted by Gasteiger charge is -1.98. The van der Waals surface area contributed by atoms with E-state index in [9.17, 15) is 4.39 Å². The van der Waals surface area contributed by atoms with Crippen LogP contribution in [-0.2, 0) is 0 Å². The van der Waals surface area contributed by atoms with Crippen LogP contribution in [-0.4, -0.2) is 11.7 Å². The number of aliphatic hydroxyl groups is 1. The summed E-state index contributed by atoms with van der Waals surface area (Å²) in [6, 6.07) is 7.48. The van der Waals surface area contributed by atoms with Gasteiger partial charge in [-0.15, -0.1) is 0 Å². The highest BCUT2D eigenvalue weighted by Gasteiger charge is 1.96. The minimum absolute atomic E-state index is 0.131. The number of aliphatic hydroxyl groups excluding tert-OH is 1. The number of hydrogen-bond donors (Lipinski definition) is 1. The second kappa shape index (κ2) is 6.75. The average Bonchev–Trinajstić information content (AvgIpc) is 2.22. The number of unbranched alkanes of at least 4 members (excludes halogenated alkanes) is 1. The number of allylic oxidation sites excluding steroid dienone is 1. The smallest absolute Gasteiger partial charge is 0.101 e. The maximum Gasteiger partial charge on any atom is 0.101 e. The lowest BCUT2D eigenvalue weighted by atomic mass is 10.1. The molecule has 15 heavy (non-hydrogen) atoms. The Bertz CT molecular complexity index is 319. The molecule has 3 heteroatoms. The molecular formula is C12H14BrFO. The van der Waals surface area contributed by atoms with Crippen LogP contribution in [0.1, 0.15) is 24.8 Å². The third-order valence-electron chi connectivity index (χ3n) is 2.02. The van der Waals surface area contributed by atoms with E-state index in [-0.39, 0.29) is 12.4 Å². The fourth-order valence-electron chi connectivity index (χ4n) is 1.22. The van der Waals surface area contributed by atoms with Gasteiger partial charge in [0, 0.05) is 11.1 Å². The first-order valence-electron chi connectivity index (χ1n) is 4.95. The van der Waals surface area contributed by atoms with Crippen LogP contribution in [0.15, 0.2) is 34.6 Å². The summed E-state index contributed by atoms with van der Waals surface area (Å²) in [7, 11) is 0. The van der Waals surface area contributed by atoms with E-state index in [0.717, 1.165) is 10.0 Å². The van der Waals surface area contributed by atoms with Gasteiger partial charge in [0.2, 0.25) is 0 Å². The average molecular weight is 273 g/mol. The van der Waals surface area contributed by atoms with Crippen LogP contribution >= 0.6 is 15.9 Å². The molecule has 0 aromatic heterocycles. The molecule has 0 bridgehead atoms. The van der Waals surface area contributed by atoms with Gasteiger partial charge in [0.15, 0.2) is 0 Å². The van der Waals surface area contributed by atoms with E-state index in [1.54, 1.807) is 0 Å². The summed E-state index contributed by atoms with van der Waals surface area (Å²) in [6.07, 6.45) is 3.28. The summed E-state index contributed by atoms with van der Waals surface area (Å²) in [4.78, 5) is 0. The second-order valence-corrected chi connectivity index (χ2v) is 4.24. The normalized spacial score (nSPS) is 11.8. The van der Waals surface area contributed by atoms with Gasteiger partial charge in [-0.3, -0.25) is 0 Å². The van der Waals surface area contributed by atoms with Crippen LogP contribution in [0.2, 0.25) is 0 Å². The van der Waals surface area contributed by atoms with Crippen LogP contribution in [0.25, 0.3) is 6.08 Å². The van der Waals surface area contributed by atoms with E-state index in [2.05, 4.69) is 15.9 Å². The number of benzene rings is 1. The highest BCUT2D eigenvalue weighted by molar-refractivity contribution is 9.10. The zero-order chi connectivity index (χ0) is 11.1. The second-order valence-electron chi connectivity index (χ2n) is 3.32. The van der Waals surface area contributed by atoms with Crippen molar-refractivity contribution in [2.24, 2.45) is 0 Å². The fraction of sp³-hybridized carbons (Fsp3) is 0.333.